The first kappa shape index (κ1) is 15.5. The van der Waals surface area contributed by atoms with E-state index >= 15 is 0 Å². The molecule has 5 nitrogen and oxygen atoms in total. The summed E-state index contributed by atoms with van der Waals surface area (Å²) >= 11 is 16.0. The highest BCUT2D eigenvalue weighted by atomic mass is 35.6. The second-order valence-electron chi connectivity index (χ2n) is 2.75. The van der Waals surface area contributed by atoms with Crippen molar-refractivity contribution in [1.29, 1.82) is 0 Å². The molecule has 0 saturated carbocycles. The van der Waals surface area contributed by atoms with Crippen molar-refractivity contribution in [3.05, 3.63) is 0 Å². The van der Waals surface area contributed by atoms with Crippen LogP contribution in [0.4, 0.5) is 0 Å². The average Bonchev–Trinajstić information content (AvgIpc) is 2.11. The molecule has 1 atom stereocenters. The van der Waals surface area contributed by atoms with E-state index in [4.69, 9.17) is 34.8 Å². The molecule has 8 heteroatoms. The number of amides is 1. The maximum atomic E-state index is 11.5. The summed E-state index contributed by atoms with van der Waals surface area (Å²) in [6.07, 6.45) is 0. The maximum Gasteiger partial charge on any atom is 0.336 e. The molecule has 0 saturated heterocycles. The molecule has 0 aliphatic carbocycles. The third-order valence-corrected chi connectivity index (χ3v) is 1.97. The van der Waals surface area contributed by atoms with Crippen molar-refractivity contribution in [2.24, 2.45) is 0 Å². The molecule has 1 amide bonds. The summed E-state index contributed by atoms with van der Waals surface area (Å²) in [7, 11) is 0. The van der Waals surface area contributed by atoms with Crippen molar-refractivity contribution in [2.45, 2.75) is 23.7 Å². The van der Waals surface area contributed by atoms with Gasteiger partial charge in [-0.15, -0.1) is 0 Å². The van der Waals surface area contributed by atoms with Gasteiger partial charge in [0, 0.05) is 6.92 Å². The van der Waals surface area contributed by atoms with E-state index in [-0.39, 0.29) is 6.61 Å². The van der Waals surface area contributed by atoms with E-state index in [1.807, 2.05) is 0 Å². The largest absolute Gasteiger partial charge is 0.464 e. The van der Waals surface area contributed by atoms with Crippen LogP contribution in [0.5, 0.6) is 0 Å². The molecule has 0 heterocycles. The predicted octanol–water partition coefficient (Wildman–Crippen LogP) is 0.994. The Morgan fingerprint density at radius 3 is 2.12 bits per heavy atom. The Bertz CT molecular complexity index is 300. The molecule has 0 aliphatic heterocycles. The van der Waals surface area contributed by atoms with Gasteiger partial charge in [0.2, 0.25) is 11.7 Å². The first-order valence-electron chi connectivity index (χ1n) is 4.25. The number of esters is 1. The first-order valence-corrected chi connectivity index (χ1v) is 5.38. The molecule has 1 N–H and O–H groups in total. The molecular formula is C8H10Cl3NO4. The van der Waals surface area contributed by atoms with E-state index in [0.29, 0.717) is 0 Å². The summed E-state index contributed by atoms with van der Waals surface area (Å²) in [6, 6.07) is -1.61. The Balaban J connectivity index is 4.87. The Morgan fingerprint density at radius 1 is 1.31 bits per heavy atom. The fraction of sp³-hybridized carbons (Fsp3) is 0.625. The zero-order chi connectivity index (χ0) is 12.9. The van der Waals surface area contributed by atoms with Crippen molar-refractivity contribution in [2.75, 3.05) is 6.61 Å². The number of ketones is 1. The monoisotopic (exact) mass is 289 g/mol. The number of hydrogen-bond donors (Lipinski definition) is 1. The van der Waals surface area contributed by atoms with Gasteiger partial charge in [0.1, 0.15) is 0 Å². The third-order valence-electron chi connectivity index (χ3n) is 1.41. The van der Waals surface area contributed by atoms with Crippen LogP contribution in [0.15, 0.2) is 0 Å². The quantitative estimate of drug-likeness (QED) is 0.476. The van der Waals surface area contributed by atoms with Gasteiger partial charge in [-0.1, -0.05) is 34.8 Å². The number of ether oxygens (including phenoxy) is 1. The molecular weight excluding hydrogens is 280 g/mol. The van der Waals surface area contributed by atoms with Gasteiger partial charge in [-0.3, -0.25) is 9.59 Å². The molecule has 0 aromatic rings. The number of hydrogen-bond acceptors (Lipinski definition) is 4. The van der Waals surface area contributed by atoms with Crippen LogP contribution in [-0.4, -0.2) is 34.1 Å². The molecule has 0 bridgehead atoms. The summed E-state index contributed by atoms with van der Waals surface area (Å²) in [5.74, 6) is -2.64. The second kappa shape index (κ2) is 6.27. The smallest absolute Gasteiger partial charge is 0.336 e. The zero-order valence-electron chi connectivity index (χ0n) is 8.55. The number of nitrogens with one attached hydrogen (secondary N) is 1. The topological polar surface area (TPSA) is 72.5 Å². The van der Waals surface area contributed by atoms with Crippen LogP contribution >= 0.6 is 34.8 Å². The summed E-state index contributed by atoms with van der Waals surface area (Å²) in [5.41, 5.74) is 0. The van der Waals surface area contributed by atoms with Crippen LogP contribution in [-0.2, 0) is 19.1 Å². The Kier molecular flexibility index (Phi) is 6.07. The Hall–Kier alpha value is -0.520. The standard InChI is InChI=1S/C8H10Cl3NO4/c1-3-16-7(15)5(12-4(2)13)6(14)8(9,10)11/h5H,3H2,1-2H3,(H,12,13)/t5-/m0/s1. The summed E-state index contributed by atoms with van der Waals surface area (Å²) in [5, 5.41) is 2.05. The van der Waals surface area contributed by atoms with Gasteiger partial charge in [0.05, 0.1) is 6.61 Å². The van der Waals surface area contributed by atoms with E-state index in [1.165, 1.54) is 0 Å². The van der Waals surface area contributed by atoms with Crippen LogP contribution < -0.4 is 5.32 Å². The average molecular weight is 291 g/mol. The summed E-state index contributed by atoms with van der Waals surface area (Å²) in [6.45, 7) is 2.71. The highest BCUT2D eigenvalue weighted by molar-refractivity contribution is 6.77. The second-order valence-corrected chi connectivity index (χ2v) is 5.03. The van der Waals surface area contributed by atoms with Gasteiger partial charge >= 0.3 is 5.97 Å². The number of alkyl halides is 3. The number of carbonyl (C=O) groups excluding carboxylic acids is 3. The minimum atomic E-state index is -2.29. The molecule has 0 radical (unpaired) electrons. The third kappa shape index (κ3) is 5.01. The summed E-state index contributed by atoms with van der Waals surface area (Å²) < 4.78 is 2.28. The molecule has 0 spiro atoms. The van der Waals surface area contributed by atoms with Crippen molar-refractivity contribution in [3.63, 3.8) is 0 Å². The minimum Gasteiger partial charge on any atom is -0.464 e. The molecule has 0 aliphatic rings. The highest BCUT2D eigenvalue weighted by Gasteiger charge is 2.41. The molecule has 0 aromatic carbocycles. The fourth-order valence-electron chi connectivity index (χ4n) is 0.824. The molecule has 0 rings (SSSR count). The predicted molar refractivity (Wildman–Crippen MR) is 59.5 cm³/mol. The number of Topliss-reactive ketones (excluding diaryl/α,β-unsaturated/α-hetero) is 1. The fourth-order valence-corrected chi connectivity index (χ4v) is 1.15. The lowest BCUT2D eigenvalue weighted by atomic mass is 10.2. The first-order chi connectivity index (χ1) is 7.20. The Labute approximate surface area is 107 Å². The molecule has 0 unspecified atom stereocenters. The van der Waals surface area contributed by atoms with Gasteiger partial charge in [-0.05, 0) is 6.92 Å². The van der Waals surface area contributed by atoms with E-state index in [2.05, 4.69) is 10.1 Å². The normalized spacial score (nSPS) is 12.8. The zero-order valence-corrected chi connectivity index (χ0v) is 10.8. The van der Waals surface area contributed by atoms with Gasteiger partial charge < -0.3 is 10.1 Å². The van der Waals surface area contributed by atoms with E-state index < -0.39 is 27.5 Å². The lowest BCUT2D eigenvalue weighted by Gasteiger charge is -2.18. The number of rotatable bonds is 4. The van der Waals surface area contributed by atoms with E-state index in [0.717, 1.165) is 6.92 Å². The van der Waals surface area contributed by atoms with Crippen molar-refractivity contribution in [1.82, 2.24) is 5.32 Å². The van der Waals surface area contributed by atoms with Gasteiger partial charge in [-0.2, -0.15) is 0 Å². The van der Waals surface area contributed by atoms with Crippen LogP contribution in [0.2, 0.25) is 0 Å². The van der Waals surface area contributed by atoms with Crippen LogP contribution in [0.1, 0.15) is 13.8 Å². The van der Waals surface area contributed by atoms with E-state index in [1.54, 1.807) is 6.92 Å². The lowest BCUT2D eigenvalue weighted by Crippen LogP contribution is -2.50. The highest BCUT2D eigenvalue weighted by Crippen LogP contribution is 2.28. The maximum absolute atomic E-state index is 11.5. The Morgan fingerprint density at radius 2 is 1.81 bits per heavy atom. The molecule has 92 valence electrons. The number of carbonyl (C=O) groups is 3. The van der Waals surface area contributed by atoms with Crippen molar-refractivity contribution >= 4 is 52.5 Å². The van der Waals surface area contributed by atoms with Gasteiger partial charge in [0.15, 0.2) is 6.04 Å². The van der Waals surface area contributed by atoms with E-state index in [9.17, 15) is 14.4 Å². The molecule has 16 heavy (non-hydrogen) atoms. The number of halogens is 3. The minimum absolute atomic E-state index is 0.0437. The molecule has 0 fully saturated rings. The van der Waals surface area contributed by atoms with Crippen molar-refractivity contribution < 1.29 is 19.1 Å². The van der Waals surface area contributed by atoms with Gasteiger partial charge in [0.25, 0.3) is 3.79 Å². The van der Waals surface area contributed by atoms with Crippen LogP contribution in [0.3, 0.4) is 0 Å². The van der Waals surface area contributed by atoms with Crippen molar-refractivity contribution in [3.8, 4) is 0 Å². The lowest BCUT2D eigenvalue weighted by molar-refractivity contribution is -0.150. The van der Waals surface area contributed by atoms with Crippen LogP contribution in [0.25, 0.3) is 0 Å². The molecule has 0 aromatic heterocycles. The van der Waals surface area contributed by atoms with Crippen LogP contribution in [0, 0.1) is 0 Å². The summed E-state index contributed by atoms with van der Waals surface area (Å²) in [4.78, 5) is 33.6. The van der Waals surface area contributed by atoms with Gasteiger partial charge in [-0.25, -0.2) is 4.79 Å². The SMILES string of the molecule is CCOC(=O)[C@@H](NC(C)=O)C(=O)C(Cl)(Cl)Cl.